The van der Waals surface area contributed by atoms with E-state index in [1.807, 2.05) is 42.5 Å². The molecule has 1 fully saturated rings. The second-order valence-corrected chi connectivity index (χ2v) is 9.63. The van der Waals surface area contributed by atoms with Gasteiger partial charge in [0.2, 0.25) is 0 Å². The van der Waals surface area contributed by atoms with Gasteiger partial charge in [-0.15, -0.1) is 0 Å². The molecule has 0 radical (unpaired) electrons. The third kappa shape index (κ3) is 5.42. The summed E-state index contributed by atoms with van der Waals surface area (Å²) in [6.07, 6.45) is 2.90. The van der Waals surface area contributed by atoms with Crippen molar-refractivity contribution < 1.29 is 9.53 Å². The summed E-state index contributed by atoms with van der Waals surface area (Å²) in [5, 5.41) is 0.685. The van der Waals surface area contributed by atoms with E-state index < -0.39 is 0 Å². The molecule has 1 saturated heterocycles. The number of aliphatic imine (C=N–C) groups is 1. The van der Waals surface area contributed by atoms with Gasteiger partial charge in [-0.25, -0.2) is 4.99 Å². The lowest BCUT2D eigenvalue weighted by molar-refractivity contribution is -0.121. The van der Waals surface area contributed by atoms with Crippen LogP contribution in [0.1, 0.15) is 40.3 Å². The number of amidine groups is 1. The van der Waals surface area contributed by atoms with Gasteiger partial charge >= 0.3 is 0 Å². The van der Waals surface area contributed by atoms with E-state index in [1.165, 1.54) is 39.6 Å². The molecule has 0 spiro atoms. The molecule has 0 aliphatic carbocycles. The Kier molecular flexibility index (Phi) is 7.23. The maximum atomic E-state index is 12.8. The second-order valence-electron chi connectivity index (χ2n) is 8.62. The Hall–Kier alpha value is -3.31. The van der Waals surface area contributed by atoms with E-state index in [0.29, 0.717) is 16.7 Å². The summed E-state index contributed by atoms with van der Waals surface area (Å²) in [5.74, 6) is 0.765. The molecule has 3 aromatic carbocycles. The first-order chi connectivity index (χ1) is 16.3. The number of nitrogens with zero attached hydrogens (tertiary/aromatic N) is 2. The van der Waals surface area contributed by atoms with Crippen LogP contribution >= 0.6 is 11.8 Å². The summed E-state index contributed by atoms with van der Waals surface area (Å²) in [6, 6.07) is 20.3. The van der Waals surface area contributed by atoms with Gasteiger partial charge in [0.15, 0.2) is 5.17 Å². The van der Waals surface area contributed by atoms with Crippen molar-refractivity contribution in [3.63, 3.8) is 0 Å². The lowest BCUT2D eigenvalue weighted by Gasteiger charge is -2.13. The first-order valence-corrected chi connectivity index (χ1v) is 12.3. The first kappa shape index (κ1) is 23.8. The fourth-order valence-corrected chi connectivity index (χ4v) is 4.96. The molecule has 5 heteroatoms. The quantitative estimate of drug-likeness (QED) is 0.365. The van der Waals surface area contributed by atoms with Crippen LogP contribution in [0.5, 0.6) is 5.75 Å². The molecule has 1 aliphatic heterocycles. The zero-order chi connectivity index (χ0) is 24.2. The number of amides is 1. The van der Waals surface area contributed by atoms with Crippen molar-refractivity contribution in [3.8, 4) is 5.75 Å². The van der Waals surface area contributed by atoms with Crippen molar-refractivity contribution in [1.82, 2.24) is 4.90 Å². The second kappa shape index (κ2) is 10.3. The predicted octanol–water partition coefficient (Wildman–Crippen LogP) is 6.99. The van der Waals surface area contributed by atoms with Gasteiger partial charge in [0, 0.05) is 7.05 Å². The number of hydrogen-bond donors (Lipinski definition) is 0. The molecule has 4 rings (SSSR count). The van der Waals surface area contributed by atoms with Crippen LogP contribution in [0.25, 0.3) is 6.08 Å². The van der Waals surface area contributed by atoms with Crippen molar-refractivity contribution in [3.05, 3.63) is 98.9 Å². The SMILES string of the molecule is CCc1ccc(N=C2S/C(=C/c3ccc(OCc4c(C)cc(C)cc4C)cc3)C(=O)N2C)cc1. The zero-order valence-corrected chi connectivity index (χ0v) is 21.2. The van der Waals surface area contributed by atoms with Crippen LogP contribution in [0.3, 0.4) is 0 Å². The van der Waals surface area contributed by atoms with Crippen molar-refractivity contribution >= 4 is 34.6 Å². The third-order valence-electron chi connectivity index (χ3n) is 5.97. The number of thioether (sulfide) groups is 1. The molecular formula is C29H30N2O2S. The molecular weight excluding hydrogens is 440 g/mol. The summed E-state index contributed by atoms with van der Waals surface area (Å²) < 4.78 is 6.04. The molecule has 0 atom stereocenters. The number of carbonyl (C=O) groups is 1. The van der Waals surface area contributed by atoms with Gasteiger partial charge in [0.25, 0.3) is 5.91 Å². The average Bonchev–Trinajstić information content (AvgIpc) is 3.07. The number of ether oxygens (including phenoxy) is 1. The lowest BCUT2D eigenvalue weighted by atomic mass is 10.0. The molecule has 1 heterocycles. The highest BCUT2D eigenvalue weighted by Crippen LogP contribution is 2.33. The molecule has 174 valence electrons. The van der Waals surface area contributed by atoms with Gasteiger partial charge in [-0.05, 0) is 97.1 Å². The zero-order valence-electron chi connectivity index (χ0n) is 20.4. The standard InChI is InChI=1S/C29H30N2O2S/c1-6-22-7-11-24(12-8-22)30-29-31(5)28(32)27(34-29)17-23-9-13-25(14-10-23)33-18-26-20(3)15-19(2)16-21(26)4/h7-17H,6,18H2,1-5H3/b27-17+,30-29?. The van der Waals surface area contributed by atoms with Crippen LogP contribution in [0.4, 0.5) is 5.69 Å². The largest absolute Gasteiger partial charge is 0.489 e. The Morgan fingerprint density at radius 1 is 0.971 bits per heavy atom. The van der Waals surface area contributed by atoms with Crippen LogP contribution in [-0.2, 0) is 17.8 Å². The molecule has 0 aromatic heterocycles. The molecule has 1 amide bonds. The summed E-state index contributed by atoms with van der Waals surface area (Å²) in [5.41, 5.74) is 8.06. The van der Waals surface area contributed by atoms with Crippen molar-refractivity contribution in [2.75, 3.05) is 7.05 Å². The lowest BCUT2D eigenvalue weighted by Crippen LogP contribution is -2.23. The summed E-state index contributed by atoms with van der Waals surface area (Å²) in [7, 11) is 1.77. The summed E-state index contributed by atoms with van der Waals surface area (Å²) in [6.45, 7) is 9.03. The smallest absolute Gasteiger partial charge is 0.266 e. The maximum absolute atomic E-state index is 12.8. The Morgan fingerprint density at radius 2 is 1.62 bits per heavy atom. The average molecular weight is 471 g/mol. The van der Waals surface area contributed by atoms with Gasteiger partial charge < -0.3 is 4.74 Å². The van der Waals surface area contributed by atoms with Crippen LogP contribution < -0.4 is 4.74 Å². The van der Waals surface area contributed by atoms with Crippen molar-refractivity contribution in [1.29, 1.82) is 0 Å². The Morgan fingerprint density at radius 3 is 2.24 bits per heavy atom. The van der Waals surface area contributed by atoms with Crippen LogP contribution in [0, 0.1) is 20.8 Å². The summed E-state index contributed by atoms with van der Waals surface area (Å²) in [4.78, 5) is 19.7. The fraction of sp³-hybridized carbons (Fsp3) is 0.241. The highest BCUT2D eigenvalue weighted by Gasteiger charge is 2.30. The number of rotatable bonds is 6. The van der Waals surface area contributed by atoms with Gasteiger partial charge in [-0.3, -0.25) is 9.69 Å². The summed E-state index contributed by atoms with van der Waals surface area (Å²) >= 11 is 1.40. The van der Waals surface area contributed by atoms with E-state index in [0.717, 1.165) is 23.4 Å². The molecule has 3 aromatic rings. The molecule has 0 bridgehead atoms. The number of aryl methyl sites for hydroxylation is 4. The molecule has 0 unspecified atom stereocenters. The molecule has 34 heavy (non-hydrogen) atoms. The van der Waals surface area contributed by atoms with Gasteiger partial charge in [0.05, 0.1) is 10.6 Å². The number of likely N-dealkylation sites (N-methyl/N-ethyl adjacent to an activating group) is 1. The highest BCUT2D eigenvalue weighted by molar-refractivity contribution is 8.18. The fourth-order valence-electron chi connectivity index (χ4n) is 3.97. The van der Waals surface area contributed by atoms with E-state index in [4.69, 9.17) is 4.74 Å². The van der Waals surface area contributed by atoms with Crippen LogP contribution in [-0.4, -0.2) is 23.0 Å². The van der Waals surface area contributed by atoms with E-state index in [2.05, 4.69) is 57.0 Å². The number of carbonyl (C=O) groups excluding carboxylic acids is 1. The first-order valence-electron chi connectivity index (χ1n) is 11.5. The highest BCUT2D eigenvalue weighted by atomic mass is 32.2. The molecule has 0 saturated carbocycles. The van der Waals surface area contributed by atoms with Crippen molar-refractivity contribution in [2.24, 2.45) is 4.99 Å². The van der Waals surface area contributed by atoms with E-state index >= 15 is 0 Å². The maximum Gasteiger partial charge on any atom is 0.266 e. The predicted molar refractivity (Wildman–Crippen MR) is 143 cm³/mol. The normalized spacial score (nSPS) is 16.0. The minimum absolute atomic E-state index is 0.0421. The minimum Gasteiger partial charge on any atom is -0.489 e. The topological polar surface area (TPSA) is 41.9 Å². The van der Waals surface area contributed by atoms with Gasteiger partial charge in [0.1, 0.15) is 12.4 Å². The van der Waals surface area contributed by atoms with E-state index in [9.17, 15) is 4.79 Å². The van der Waals surface area contributed by atoms with E-state index in [1.54, 1.807) is 11.9 Å². The Bertz CT molecular complexity index is 1240. The molecule has 1 aliphatic rings. The van der Waals surface area contributed by atoms with Crippen LogP contribution in [0.15, 0.2) is 70.6 Å². The molecule has 4 nitrogen and oxygen atoms in total. The molecule has 0 N–H and O–H groups in total. The Labute approximate surface area is 206 Å². The monoisotopic (exact) mass is 470 g/mol. The van der Waals surface area contributed by atoms with Crippen molar-refractivity contribution in [2.45, 2.75) is 40.7 Å². The van der Waals surface area contributed by atoms with Gasteiger partial charge in [-0.2, -0.15) is 0 Å². The van der Waals surface area contributed by atoms with Gasteiger partial charge in [-0.1, -0.05) is 48.9 Å². The minimum atomic E-state index is -0.0421. The van der Waals surface area contributed by atoms with E-state index in [-0.39, 0.29) is 5.91 Å². The van der Waals surface area contributed by atoms with Crippen LogP contribution in [0.2, 0.25) is 0 Å². The number of benzene rings is 3. The number of hydrogen-bond acceptors (Lipinski definition) is 4. The third-order valence-corrected chi connectivity index (χ3v) is 7.03. The Balaban J connectivity index is 1.44.